The number of ether oxygens (including phenoxy) is 5. The average molecular weight is 666 g/mol. The van der Waals surface area contributed by atoms with Gasteiger partial charge in [0, 0.05) is 18.7 Å². The highest BCUT2D eigenvalue weighted by Gasteiger charge is 2.28. The first-order valence-corrected chi connectivity index (χ1v) is 15.6. The second kappa shape index (κ2) is 26.3. The number of terminal acetylenes is 1. The molecule has 0 saturated carbocycles. The second-order valence-corrected chi connectivity index (χ2v) is 10.6. The molecule has 1 aromatic rings. The third-order valence-corrected chi connectivity index (χ3v) is 6.42. The molecule has 0 aliphatic heterocycles. The minimum Gasteiger partial charge on any atom is -0.392 e. The Balaban J connectivity index is 2.41. The Bertz CT molecular complexity index is 1080. The van der Waals surface area contributed by atoms with Crippen LogP contribution < -0.4 is 27.0 Å². The molecule has 0 spiro atoms. The van der Waals surface area contributed by atoms with Gasteiger partial charge in [0.05, 0.1) is 66.1 Å². The molecule has 7 N–H and O–H groups in total. The summed E-state index contributed by atoms with van der Waals surface area (Å²) in [6, 6.07) is 4.05. The number of nitrogens with one attached hydrogen (secondary N) is 4. The van der Waals surface area contributed by atoms with Gasteiger partial charge in [-0.2, -0.15) is 0 Å². The van der Waals surface area contributed by atoms with Crippen molar-refractivity contribution < 1.29 is 48.0 Å². The van der Waals surface area contributed by atoms with Crippen molar-refractivity contribution in [2.24, 2.45) is 11.7 Å². The van der Waals surface area contributed by atoms with E-state index in [-0.39, 0.29) is 57.6 Å². The van der Waals surface area contributed by atoms with Crippen LogP contribution in [0.2, 0.25) is 0 Å². The fourth-order valence-corrected chi connectivity index (χ4v) is 3.93. The van der Waals surface area contributed by atoms with Crippen LogP contribution in [0.4, 0.5) is 10.5 Å². The predicted molar refractivity (Wildman–Crippen MR) is 174 cm³/mol. The minimum atomic E-state index is -0.959. The van der Waals surface area contributed by atoms with Crippen LogP contribution in [0.5, 0.6) is 0 Å². The zero-order valence-electron chi connectivity index (χ0n) is 27.4. The number of urea groups is 1. The number of primary amides is 1. The summed E-state index contributed by atoms with van der Waals surface area (Å²) in [7, 11) is 0. The van der Waals surface area contributed by atoms with E-state index in [0.717, 1.165) is 0 Å². The molecule has 1 aromatic carbocycles. The summed E-state index contributed by atoms with van der Waals surface area (Å²) in [5, 5.41) is 19.9. The van der Waals surface area contributed by atoms with Gasteiger partial charge in [0.1, 0.15) is 18.7 Å². The molecule has 15 nitrogen and oxygen atoms in total. The number of carbonyl (C=O) groups excluding carboxylic acids is 4. The largest absolute Gasteiger partial charge is 0.392 e. The number of nitrogens with two attached hydrogens (primary N) is 1. The molecule has 0 aliphatic rings. The molecule has 0 heterocycles. The predicted octanol–water partition coefficient (Wildman–Crippen LogP) is 0.298. The van der Waals surface area contributed by atoms with E-state index in [2.05, 4.69) is 27.2 Å². The van der Waals surface area contributed by atoms with Crippen LogP contribution in [0.1, 0.15) is 38.7 Å². The molecular weight excluding hydrogens is 614 g/mol. The summed E-state index contributed by atoms with van der Waals surface area (Å²) in [5.41, 5.74) is 6.28. The fraction of sp³-hybridized carbons (Fsp3) is 0.625. The van der Waals surface area contributed by atoms with Crippen molar-refractivity contribution >= 4 is 29.4 Å². The Hall–Kier alpha value is -3.78. The SMILES string of the molecule is C#CCOCCOCCOCCOCCOCCC(=O)N[C@H](C(=O)N[C@@H](CCCNC(N)=O)C(=O)Nc1ccc(CO)cc1)C(C)C. The molecule has 0 fully saturated rings. The number of benzene rings is 1. The molecular formula is C32H51N5O10. The topological polar surface area (TPSA) is 209 Å². The molecule has 15 heteroatoms. The summed E-state index contributed by atoms with van der Waals surface area (Å²) in [5.74, 6) is 0.719. The van der Waals surface area contributed by atoms with Gasteiger partial charge in [-0.1, -0.05) is 31.9 Å². The summed E-state index contributed by atoms with van der Waals surface area (Å²) < 4.78 is 26.7. The Kier molecular flexibility index (Phi) is 23.1. The van der Waals surface area contributed by atoms with Crippen molar-refractivity contribution in [2.45, 2.75) is 51.8 Å². The number of amides is 5. The maximum atomic E-state index is 13.2. The lowest BCUT2D eigenvalue weighted by Gasteiger charge is -2.25. The quantitative estimate of drug-likeness (QED) is 0.0559. The van der Waals surface area contributed by atoms with E-state index in [0.29, 0.717) is 63.9 Å². The molecule has 0 unspecified atom stereocenters. The van der Waals surface area contributed by atoms with Crippen LogP contribution in [0, 0.1) is 18.3 Å². The average Bonchev–Trinajstić information content (AvgIpc) is 3.04. The van der Waals surface area contributed by atoms with Crippen molar-refractivity contribution in [1.29, 1.82) is 0 Å². The summed E-state index contributed by atoms with van der Waals surface area (Å²) in [6.45, 7) is 7.20. The van der Waals surface area contributed by atoms with Crippen LogP contribution in [-0.2, 0) is 44.7 Å². The van der Waals surface area contributed by atoms with E-state index in [1.807, 2.05) is 0 Å². The van der Waals surface area contributed by atoms with Gasteiger partial charge in [0.15, 0.2) is 0 Å². The van der Waals surface area contributed by atoms with Crippen LogP contribution in [0.15, 0.2) is 24.3 Å². The number of aliphatic hydroxyl groups is 1. The van der Waals surface area contributed by atoms with Crippen LogP contribution in [-0.4, -0.2) is 114 Å². The standard InChI is InChI=1S/C32H51N5O10/c1-4-13-43-15-17-45-19-21-47-22-20-46-18-16-44-14-11-28(39)37-29(24(2)3)31(41)36-27(6-5-12-34-32(33)42)30(40)35-26-9-7-25(23-38)8-10-26/h1,7-10,24,27,29,38H,5-6,11-23H2,2-3H3,(H,35,40)(H,36,41)(H,37,39)(H3,33,34,42)/t27-,29-/m0/s1. The van der Waals surface area contributed by atoms with Gasteiger partial charge < -0.3 is 55.8 Å². The van der Waals surface area contributed by atoms with E-state index in [1.165, 1.54) is 0 Å². The number of aliphatic hydroxyl groups excluding tert-OH is 1. The first kappa shape index (κ1) is 41.2. The lowest BCUT2D eigenvalue weighted by atomic mass is 10.0. The van der Waals surface area contributed by atoms with Gasteiger partial charge in [-0.15, -0.1) is 6.42 Å². The van der Waals surface area contributed by atoms with Crippen molar-refractivity contribution in [3.05, 3.63) is 29.8 Å². The number of rotatable bonds is 27. The zero-order chi connectivity index (χ0) is 34.7. The molecule has 0 aromatic heterocycles. The smallest absolute Gasteiger partial charge is 0.312 e. The third-order valence-electron chi connectivity index (χ3n) is 6.42. The van der Waals surface area contributed by atoms with Gasteiger partial charge in [0.2, 0.25) is 17.7 Å². The van der Waals surface area contributed by atoms with Gasteiger partial charge in [-0.05, 0) is 36.5 Å². The first-order valence-electron chi connectivity index (χ1n) is 15.6. The molecule has 5 amide bonds. The minimum absolute atomic E-state index is 0.0277. The van der Waals surface area contributed by atoms with Gasteiger partial charge >= 0.3 is 6.03 Å². The highest BCUT2D eigenvalue weighted by Crippen LogP contribution is 2.12. The van der Waals surface area contributed by atoms with E-state index >= 15 is 0 Å². The normalized spacial score (nSPS) is 12.1. The number of hydrogen-bond donors (Lipinski definition) is 6. The molecule has 0 radical (unpaired) electrons. The Labute approximate surface area is 276 Å². The Morgan fingerprint density at radius 3 is 1.89 bits per heavy atom. The van der Waals surface area contributed by atoms with Crippen molar-refractivity contribution in [3.8, 4) is 12.3 Å². The third kappa shape index (κ3) is 20.9. The van der Waals surface area contributed by atoms with Gasteiger partial charge in [-0.25, -0.2) is 4.79 Å². The van der Waals surface area contributed by atoms with Gasteiger partial charge in [-0.3, -0.25) is 14.4 Å². The van der Waals surface area contributed by atoms with Crippen LogP contribution >= 0.6 is 0 Å². The second-order valence-electron chi connectivity index (χ2n) is 10.6. The Morgan fingerprint density at radius 1 is 0.830 bits per heavy atom. The lowest BCUT2D eigenvalue weighted by molar-refractivity contribution is -0.132. The van der Waals surface area contributed by atoms with Crippen LogP contribution in [0.25, 0.3) is 0 Å². The number of carbonyl (C=O) groups is 4. The number of anilines is 1. The molecule has 1 rings (SSSR count). The molecule has 264 valence electrons. The summed E-state index contributed by atoms with van der Waals surface area (Å²) in [6.07, 6.45) is 5.67. The van der Waals surface area contributed by atoms with Crippen molar-refractivity contribution in [2.75, 3.05) is 77.9 Å². The van der Waals surface area contributed by atoms with Gasteiger partial charge in [0.25, 0.3) is 0 Å². The van der Waals surface area contributed by atoms with E-state index in [1.54, 1.807) is 38.1 Å². The number of hydrogen-bond acceptors (Lipinski definition) is 10. The molecule has 2 atom stereocenters. The molecule has 0 aliphatic carbocycles. The Morgan fingerprint density at radius 2 is 1.38 bits per heavy atom. The molecule has 0 bridgehead atoms. The highest BCUT2D eigenvalue weighted by molar-refractivity contribution is 5.98. The maximum Gasteiger partial charge on any atom is 0.312 e. The zero-order valence-corrected chi connectivity index (χ0v) is 27.4. The van der Waals surface area contributed by atoms with E-state index in [4.69, 9.17) is 35.8 Å². The highest BCUT2D eigenvalue weighted by atomic mass is 16.6. The van der Waals surface area contributed by atoms with E-state index in [9.17, 15) is 24.3 Å². The van der Waals surface area contributed by atoms with Crippen molar-refractivity contribution in [1.82, 2.24) is 16.0 Å². The molecule has 0 saturated heterocycles. The maximum absolute atomic E-state index is 13.2. The molecule has 47 heavy (non-hydrogen) atoms. The van der Waals surface area contributed by atoms with Crippen LogP contribution in [0.3, 0.4) is 0 Å². The summed E-state index contributed by atoms with van der Waals surface area (Å²) >= 11 is 0. The fourth-order valence-electron chi connectivity index (χ4n) is 3.93. The van der Waals surface area contributed by atoms with Crippen molar-refractivity contribution in [3.63, 3.8) is 0 Å². The monoisotopic (exact) mass is 665 g/mol. The lowest BCUT2D eigenvalue weighted by Crippen LogP contribution is -2.54. The van der Waals surface area contributed by atoms with E-state index < -0.39 is 29.9 Å². The summed E-state index contributed by atoms with van der Waals surface area (Å²) in [4.78, 5) is 50.0. The first-order chi connectivity index (χ1) is 22.7.